The number of aliphatic carboxylic acids is 1. The average molecular weight is 507 g/mol. The maximum atomic E-state index is 14.7. The molecule has 0 bridgehead atoms. The van der Waals surface area contributed by atoms with Gasteiger partial charge in [-0.05, 0) is 63.6 Å². The predicted octanol–water partition coefficient (Wildman–Crippen LogP) is 5.72. The summed E-state index contributed by atoms with van der Waals surface area (Å²) in [5.41, 5.74) is 2.50. The molecule has 2 aromatic rings. The Morgan fingerprint density at radius 1 is 0.971 bits per heavy atom. The molecule has 35 heavy (non-hydrogen) atoms. The number of sulfone groups is 1. The topological polar surface area (TPSA) is 115 Å². The number of nitrogens with zero attached hydrogens (tertiary/aromatic N) is 4. The van der Waals surface area contributed by atoms with E-state index < -0.39 is 27.0 Å². The van der Waals surface area contributed by atoms with Crippen LogP contribution in [0, 0.1) is 11.8 Å². The third-order valence-electron chi connectivity index (χ3n) is 6.36. The van der Waals surface area contributed by atoms with Crippen LogP contribution in [-0.4, -0.2) is 39.7 Å². The molecule has 196 valence electrons. The summed E-state index contributed by atoms with van der Waals surface area (Å²) in [5, 5.41) is 20.7. The number of carboxylic acids is 1. The minimum atomic E-state index is -4.19. The summed E-state index contributed by atoms with van der Waals surface area (Å²) in [6, 6.07) is 3.94. The van der Waals surface area contributed by atoms with E-state index in [-0.39, 0.29) is 40.8 Å². The smallest absolute Gasteiger partial charge is 0.308 e. The molecule has 0 amide bonds. The standard InChI is InChI=1S/C26H42N4O4S/c1-10-11-30-25(27-28-29-30)24(22(26(31)32)12-15(2)3)35(33,34)23-20(17(6)7)13-19(16(4)5)14-21(23)18(8)9/h13-18,22,24H,10-12H2,1-9H3,(H,31,32)/t22-,24-/m1/s1. The SMILES string of the molecule is CCCn1nnnc1[C@@H]([C@@H](CC(C)C)C(=O)O)S(=O)(=O)c1c(C(C)C)cc(C(C)C)cc1C(C)C. The van der Waals surface area contributed by atoms with Crippen molar-refractivity contribution in [3.8, 4) is 0 Å². The summed E-state index contributed by atoms with van der Waals surface area (Å²) in [4.78, 5) is 12.8. The minimum absolute atomic E-state index is 0.0261. The Bertz CT molecular complexity index is 1090. The third-order valence-corrected chi connectivity index (χ3v) is 8.60. The maximum absolute atomic E-state index is 14.7. The molecule has 0 saturated heterocycles. The van der Waals surface area contributed by atoms with Crippen molar-refractivity contribution in [2.24, 2.45) is 11.8 Å². The lowest BCUT2D eigenvalue weighted by molar-refractivity contribution is -0.142. The molecule has 8 nitrogen and oxygen atoms in total. The van der Waals surface area contributed by atoms with Gasteiger partial charge >= 0.3 is 5.97 Å². The van der Waals surface area contributed by atoms with Crippen LogP contribution < -0.4 is 0 Å². The van der Waals surface area contributed by atoms with E-state index in [0.29, 0.717) is 24.1 Å². The molecule has 0 radical (unpaired) electrons. The van der Waals surface area contributed by atoms with E-state index in [0.717, 1.165) is 5.56 Å². The van der Waals surface area contributed by atoms with Crippen LogP contribution in [0.2, 0.25) is 0 Å². The molecule has 2 rings (SSSR count). The molecule has 0 aliphatic heterocycles. The number of tetrazole rings is 1. The molecular weight excluding hydrogens is 464 g/mol. The molecule has 2 atom stereocenters. The summed E-state index contributed by atoms with van der Waals surface area (Å²) >= 11 is 0. The van der Waals surface area contributed by atoms with Crippen LogP contribution in [0.5, 0.6) is 0 Å². The fourth-order valence-corrected chi connectivity index (χ4v) is 7.13. The Balaban J connectivity index is 2.99. The van der Waals surface area contributed by atoms with Gasteiger partial charge < -0.3 is 5.11 Å². The van der Waals surface area contributed by atoms with Crippen molar-refractivity contribution in [3.63, 3.8) is 0 Å². The van der Waals surface area contributed by atoms with Crippen LogP contribution in [0.3, 0.4) is 0 Å². The van der Waals surface area contributed by atoms with Crippen molar-refractivity contribution in [1.82, 2.24) is 20.2 Å². The largest absolute Gasteiger partial charge is 0.481 e. The molecule has 0 aliphatic rings. The third kappa shape index (κ3) is 6.29. The van der Waals surface area contributed by atoms with Gasteiger partial charge in [0.2, 0.25) is 0 Å². The Hall–Kier alpha value is -2.29. The molecule has 0 spiro atoms. The number of carbonyl (C=O) groups is 1. The highest BCUT2D eigenvalue weighted by Crippen LogP contribution is 2.43. The number of aromatic nitrogens is 4. The normalized spacial score (nSPS) is 14.3. The van der Waals surface area contributed by atoms with Gasteiger partial charge in [-0.2, -0.15) is 0 Å². The highest BCUT2D eigenvalue weighted by atomic mass is 32.2. The van der Waals surface area contributed by atoms with E-state index in [1.807, 2.05) is 60.6 Å². The lowest BCUT2D eigenvalue weighted by Crippen LogP contribution is -2.33. The number of carboxylic acid groups (broad SMARTS) is 1. The average Bonchev–Trinajstić information content (AvgIpc) is 3.19. The number of rotatable bonds is 12. The van der Waals surface area contributed by atoms with Crippen molar-refractivity contribution in [1.29, 1.82) is 0 Å². The summed E-state index contributed by atoms with van der Waals surface area (Å²) in [5.74, 6) is -2.20. The molecule has 9 heteroatoms. The van der Waals surface area contributed by atoms with E-state index in [1.165, 1.54) is 4.68 Å². The van der Waals surface area contributed by atoms with E-state index in [4.69, 9.17) is 0 Å². The van der Waals surface area contributed by atoms with Crippen LogP contribution >= 0.6 is 0 Å². The molecule has 1 aromatic heterocycles. The van der Waals surface area contributed by atoms with Gasteiger partial charge in [-0.1, -0.05) is 74.4 Å². The van der Waals surface area contributed by atoms with Crippen molar-refractivity contribution in [2.45, 2.75) is 110 Å². The van der Waals surface area contributed by atoms with Crippen molar-refractivity contribution >= 4 is 15.8 Å². The van der Waals surface area contributed by atoms with Gasteiger partial charge in [0.1, 0.15) is 5.25 Å². The van der Waals surface area contributed by atoms with E-state index in [9.17, 15) is 18.3 Å². The molecule has 0 fully saturated rings. The molecule has 1 heterocycles. The van der Waals surface area contributed by atoms with Crippen LogP contribution in [0.25, 0.3) is 0 Å². The van der Waals surface area contributed by atoms with Crippen LogP contribution in [0.15, 0.2) is 17.0 Å². The lowest BCUT2D eigenvalue weighted by Gasteiger charge is -2.29. The van der Waals surface area contributed by atoms with Gasteiger partial charge in [-0.3, -0.25) is 4.79 Å². The first-order chi connectivity index (χ1) is 16.2. The fourth-order valence-electron chi connectivity index (χ4n) is 4.53. The van der Waals surface area contributed by atoms with Crippen LogP contribution in [0.1, 0.15) is 121 Å². The predicted molar refractivity (Wildman–Crippen MR) is 137 cm³/mol. The quantitative estimate of drug-likeness (QED) is 0.392. The zero-order valence-corrected chi connectivity index (χ0v) is 23.4. The number of hydrogen-bond acceptors (Lipinski definition) is 6. The zero-order valence-electron chi connectivity index (χ0n) is 22.6. The molecular formula is C26H42N4O4S. The monoisotopic (exact) mass is 506 g/mol. The fraction of sp³-hybridized carbons (Fsp3) is 0.692. The summed E-state index contributed by atoms with van der Waals surface area (Å²) < 4.78 is 30.8. The van der Waals surface area contributed by atoms with Crippen molar-refractivity contribution in [3.05, 3.63) is 34.6 Å². The highest BCUT2D eigenvalue weighted by molar-refractivity contribution is 7.91. The number of hydrogen-bond donors (Lipinski definition) is 1. The van der Waals surface area contributed by atoms with E-state index in [2.05, 4.69) is 29.4 Å². The summed E-state index contributed by atoms with van der Waals surface area (Å²) in [6.07, 6.45) is 0.876. The van der Waals surface area contributed by atoms with Crippen molar-refractivity contribution in [2.75, 3.05) is 0 Å². The second-order valence-corrected chi connectivity index (χ2v) is 12.8. The highest BCUT2D eigenvalue weighted by Gasteiger charge is 2.46. The Morgan fingerprint density at radius 2 is 1.51 bits per heavy atom. The molecule has 0 unspecified atom stereocenters. The molecule has 0 aliphatic carbocycles. The van der Waals surface area contributed by atoms with E-state index in [1.54, 1.807) is 0 Å². The molecule has 1 N–H and O–H groups in total. The molecule has 1 aromatic carbocycles. The van der Waals surface area contributed by atoms with Crippen molar-refractivity contribution < 1.29 is 18.3 Å². The van der Waals surface area contributed by atoms with Crippen LogP contribution in [0.4, 0.5) is 0 Å². The van der Waals surface area contributed by atoms with Gasteiger partial charge in [-0.25, -0.2) is 13.1 Å². The summed E-state index contributed by atoms with van der Waals surface area (Å²) in [6.45, 7) is 18.2. The first-order valence-corrected chi connectivity index (χ1v) is 14.2. The minimum Gasteiger partial charge on any atom is -0.481 e. The Kier molecular flexibility index (Phi) is 9.62. The Labute approximate surface area is 210 Å². The zero-order chi connectivity index (χ0) is 26.7. The van der Waals surface area contributed by atoms with Gasteiger partial charge in [0.15, 0.2) is 15.7 Å². The second kappa shape index (κ2) is 11.6. The lowest BCUT2D eigenvalue weighted by atomic mass is 9.89. The van der Waals surface area contributed by atoms with E-state index >= 15 is 0 Å². The first kappa shape index (κ1) is 28.9. The molecule has 0 saturated carbocycles. The second-order valence-electron chi connectivity index (χ2n) is 10.8. The maximum Gasteiger partial charge on any atom is 0.308 e. The Morgan fingerprint density at radius 3 is 1.91 bits per heavy atom. The first-order valence-electron chi connectivity index (χ1n) is 12.6. The number of aryl methyl sites for hydroxylation is 1. The summed E-state index contributed by atoms with van der Waals surface area (Å²) in [7, 11) is -4.19. The van der Waals surface area contributed by atoms with Gasteiger partial charge in [-0.15, -0.1) is 5.10 Å². The van der Waals surface area contributed by atoms with Gasteiger partial charge in [0.05, 0.1) is 10.8 Å². The van der Waals surface area contributed by atoms with Gasteiger partial charge in [0, 0.05) is 6.54 Å². The van der Waals surface area contributed by atoms with Gasteiger partial charge in [0.25, 0.3) is 0 Å². The number of benzene rings is 1. The van der Waals surface area contributed by atoms with Crippen LogP contribution in [-0.2, 0) is 21.2 Å².